The zero-order valence-electron chi connectivity index (χ0n) is 22.4. The number of alkyl halides is 6. The summed E-state index contributed by atoms with van der Waals surface area (Å²) in [7, 11) is 0. The molecule has 1 saturated heterocycles. The van der Waals surface area contributed by atoms with Gasteiger partial charge in [-0.3, -0.25) is 4.79 Å². The molecule has 0 bridgehead atoms. The number of halogens is 8. The lowest BCUT2D eigenvalue weighted by molar-refractivity contribution is -0.192. The van der Waals surface area contributed by atoms with E-state index in [1.165, 1.54) is 4.68 Å². The molecule has 2 amide bonds. The van der Waals surface area contributed by atoms with Crippen molar-refractivity contribution in [2.75, 3.05) is 41.7 Å². The predicted octanol–water partition coefficient (Wildman–Crippen LogP) is 5.18. The van der Waals surface area contributed by atoms with Crippen molar-refractivity contribution in [2.45, 2.75) is 25.3 Å². The van der Waals surface area contributed by atoms with Gasteiger partial charge in [0.1, 0.15) is 10.8 Å². The van der Waals surface area contributed by atoms with E-state index >= 15 is 0 Å². The molecule has 0 radical (unpaired) electrons. The Balaban J connectivity index is 0.000000676. The summed E-state index contributed by atoms with van der Waals surface area (Å²) < 4.78 is 85.1. The van der Waals surface area contributed by atoms with E-state index in [2.05, 4.69) is 21.0 Å². The third kappa shape index (κ3) is 9.84. The minimum absolute atomic E-state index is 0.0953. The summed E-state index contributed by atoms with van der Waals surface area (Å²) in [5, 5.41) is 19.4. The van der Waals surface area contributed by atoms with E-state index in [0.717, 1.165) is 38.7 Å². The van der Waals surface area contributed by atoms with Gasteiger partial charge in [0.05, 0.1) is 24.0 Å². The van der Waals surface area contributed by atoms with Gasteiger partial charge in [0.15, 0.2) is 0 Å². The Hall–Kier alpha value is -4.38. The van der Waals surface area contributed by atoms with Crippen LogP contribution in [-0.2, 0) is 17.5 Å². The molecule has 0 atom stereocenters. The monoisotopic (exact) mass is 652 g/mol. The van der Waals surface area contributed by atoms with Gasteiger partial charge in [-0.2, -0.15) is 31.4 Å². The number of nitrogens with zero attached hydrogens (tertiary/aromatic N) is 3. The Morgan fingerprint density at radius 3 is 2.23 bits per heavy atom. The molecule has 0 aliphatic carbocycles. The predicted molar refractivity (Wildman–Crippen MR) is 146 cm³/mol. The highest BCUT2D eigenvalue weighted by Gasteiger charge is 2.38. The van der Waals surface area contributed by atoms with Gasteiger partial charge in [-0.15, -0.1) is 0 Å². The number of aromatic nitrogens is 2. The van der Waals surface area contributed by atoms with Gasteiger partial charge < -0.3 is 26.0 Å². The minimum atomic E-state index is -5.08. The molecule has 2 heterocycles. The van der Waals surface area contributed by atoms with Gasteiger partial charge in [0, 0.05) is 31.0 Å². The number of rotatable bonds is 5. The van der Waals surface area contributed by atoms with Crippen LogP contribution in [0.4, 0.5) is 52.6 Å². The summed E-state index contributed by atoms with van der Waals surface area (Å²) in [5.41, 5.74) is -0.360. The lowest BCUT2D eigenvalue weighted by atomic mass is 10.2. The molecule has 1 aliphatic heterocycles. The van der Waals surface area contributed by atoms with Crippen molar-refractivity contribution in [3.63, 3.8) is 0 Å². The molecule has 0 unspecified atom stereocenters. The van der Waals surface area contributed by atoms with Gasteiger partial charge in [0.25, 0.3) is 5.56 Å². The molecule has 1 aromatic heterocycles. The fourth-order valence-corrected chi connectivity index (χ4v) is 4.13. The van der Waals surface area contributed by atoms with Gasteiger partial charge in [-0.05, 0) is 48.9 Å². The Bertz CT molecular complexity index is 1520. The van der Waals surface area contributed by atoms with Crippen molar-refractivity contribution in [2.24, 2.45) is 0 Å². The summed E-state index contributed by atoms with van der Waals surface area (Å²) in [5.74, 6) is -3.89. The van der Waals surface area contributed by atoms with E-state index in [1.54, 1.807) is 30.5 Å². The average molecular weight is 653 g/mol. The minimum Gasteiger partial charge on any atom is -0.475 e. The molecule has 44 heavy (non-hydrogen) atoms. The Labute approximate surface area is 249 Å². The van der Waals surface area contributed by atoms with Crippen molar-refractivity contribution >= 4 is 40.7 Å². The number of carboxylic acid groups (broad SMARTS) is 1. The maximum atomic E-state index is 13.5. The summed E-state index contributed by atoms with van der Waals surface area (Å²) in [6, 6.07) is 7.30. The number of urea groups is 1. The van der Waals surface area contributed by atoms with Crippen LogP contribution < -0.4 is 26.4 Å². The fourth-order valence-electron chi connectivity index (χ4n) is 3.86. The third-order valence-corrected chi connectivity index (χ3v) is 6.27. The molecule has 0 spiro atoms. The number of benzene rings is 2. The highest BCUT2D eigenvalue weighted by Crippen LogP contribution is 2.31. The summed E-state index contributed by atoms with van der Waals surface area (Å²) in [6.45, 7) is 3.30. The summed E-state index contributed by atoms with van der Waals surface area (Å²) in [4.78, 5) is 35.9. The average Bonchev–Trinajstić information content (AvgIpc) is 3.21. The Kier molecular flexibility index (Phi) is 11.2. The molecular formula is C26H24ClF7N6O4. The first-order valence-corrected chi connectivity index (χ1v) is 13.0. The van der Waals surface area contributed by atoms with Crippen molar-refractivity contribution in [3.8, 4) is 0 Å². The highest BCUT2D eigenvalue weighted by atomic mass is 35.5. The zero-order valence-corrected chi connectivity index (χ0v) is 23.2. The fraction of sp³-hybridized carbons (Fsp3) is 0.308. The zero-order chi connectivity index (χ0) is 32.7. The molecule has 18 heteroatoms. The van der Waals surface area contributed by atoms with E-state index in [4.69, 9.17) is 21.5 Å². The van der Waals surface area contributed by atoms with E-state index < -0.39 is 41.3 Å². The number of carboxylic acids is 1. The summed E-state index contributed by atoms with van der Waals surface area (Å²) in [6.07, 6.45) is -7.34. The van der Waals surface area contributed by atoms with Crippen LogP contribution in [0.2, 0.25) is 5.02 Å². The lowest BCUT2D eigenvalue weighted by Gasteiger charge is -2.23. The number of hydrogen-bond acceptors (Lipinski definition) is 6. The molecule has 238 valence electrons. The van der Waals surface area contributed by atoms with Crippen LogP contribution in [0.1, 0.15) is 17.5 Å². The number of nitrogens with one attached hydrogen (secondary N) is 3. The van der Waals surface area contributed by atoms with Crippen LogP contribution in [0.5, 0.6) is 0 Å². The lowest BCUT2D eigenvalue weighted by Crippen LogP contribution is -2.32. The molecule has 4 rings (SSSR count). The first kappa shape index (κ1) is 34.1. The van der Waals surface area contributed by atoms with E-state index in [9.17, 15) is 40.3 Å². The maximum Gasteiger partial charge on any atom is 0.490 e. The first-order valence-electron chi connectivity index (χ1n) is 12.6. The van der Waals surface area contributed by atoms with Crippen molar-refractivity contribution in [1.82, 2.24) is 15.1 Å². The Morgan fingerprint density at radius 1 is 0.977 bits per heavy atom. The molecule has 4 N–H and O–H groups in total. The molecule has 1 fully saturated rings. The van der Waals surface area contributed by atoms with Gasteiger partial charge in [-0.1, -0.05) is 23.7 Å². The van der Waals surface area contributed by atoms with E-state index in [1.807, 2.05) is 4.90 Å². The van der Waals surface area contributed by atoms with Crippen LogP contribution in [0.25, 0.3) is 0 Å². The quantitative estimate of drug-likeness (QED) is 0.280. The highest BCUT2D eigenvalue weighted by molar-refractivity contribution is 6.33. The van der Waals surface area contributed by atoms with Gasteiger partial charge >= 0.3 is 24.4 Å². The second-order valence-electron chi connectivity index (χ2n) is 9.20. The molecule has 0 saturated carbocycles. The van der Waals surface area contributed by atoms with E-state index in [-0.39, 0.29) is 17.3 Å². The van der Waals surface area contributed by atoms with Crippen molar-refractivity contribution in [3.05, 3.63) is 81.0 Å². The van der Waals surface area contributed by atoms with Crippen LogP contribution in [-0.4, -0.2) is 59.2 Å². The Morgan fingerprint density at radius 2 is 1.61 bits per heavy atom. The number of amides is 2. The van der Waals surface area contributed by atoms with Gasteiger partial charge in [-0.25, -0.2) is 18.7 Å². The molecule has 2 aromatic carbocycles. The standard InChI is InChI=1S/C24H23ClF4N6O2.C2HF3O2/c25-21-20(34-8-1-6-30-7-9-34)13-31-35(22(21)36)14-15-2-4-18(5-3-15)32-23(37)33-19-11-16(24(27,28)29)10-17(26)12-19;3-2(4,5)1(6)7/h2-5,10-13,30H,1,6-9,14H2,(H2,32,33,37);(H,6,7). The van der Waals surface area contributed by atoms with Crippen molar-refractivity contribution in [1.29, 1.82) is 0 Å². The summed E-state index contributed by atoms with van der Waals surface area (Å²) >= 11 is 6.37. The van der Waals surface area contributed by atoms with Crippen LogP contribution >= 0.6 is 11.6 Å². The molecule has 1 aliphatic rings. The smallest absolute Gasteiger partial charge is 0.475 e. The topological polar surface area (TPSA) is 129 Å². The third-order valence-electron chi connectivity index (χ3n) is 5.92. The number of anilines is 3. The maximum absolute atomic E-state index is 13.5. The number of aliphatic carboxylic acids is 1. The SMILES string of the molecule is O=C(Nc1ccc(Cn2ncc(N3CCCNCC3)c(Cl)c2=O)cc1)Nc1cc(F)cc(C(F)(F)F)c1.O=C(O)C(F)(F)F. The van der Waals surface area contributed by atoms with Crippen LogP contribution in [0.15, 0.2) is 53.5 Å². The molecule has 10 nitrogen and oxygen atoms in total. The first-order chi connectivity index (χ1) is 20.5. The van der Waals surface area contributed by atoms with Crippen LogP contribution in [0.3, 0.4) is 0 Å². The number of hydrogen-bond donors (Lipinski definition) is 4. The number of carbonyl (C=O) groups excluding carboxylic acids is 1. The second-order valence-corrected chi connectivity index (χ2v) is 9.58. The van der Waals surface area contributed by atoms with Gasteiger partial charge in [0.2, 0.25) is 0 Å². The molecule has 3 aromatic rings. The van der Waals surface area contributed by atoms with Crippen molar-refractivity contribution < 1.29 is 45.4 Å². The number of carbonyl (C=O) groups is 2. The second kappa shape index (κ2) is 14.4. The van der Waals surface area contributed by atoms with Crippen LogP contribution in [0, 0.1) is 5.82 Å². The normalized spacial score (nSPS) is 13.8. The van der Waals surface area contributed by atoms with E-state index in [0.29, 0.717) is 29.1 Å². The molecular weight excluding hydrogens is 629 g/mol. The largest absolute Gasteiger partial charge is 0.490 e.